The molecule has 1 unspecified atom stereocenters. The number of hydrogen-bond donors (Lipinski definition) is 1. The third kappa shape index (κ3) is 4.51. The Balaban J connectivity index is 1.63. The van der Waals surface area contributed by atoms with Crippen LogP contribution in [0.2, 0.25) is 5.02 Å². The van der Waals surface area contributed by atoms with Crippen LogP contribution in [0.25, 0.3) is 0 Å². The summed E-state index contributed by atoms with van der Waals surface area (Å²) in [5.74, 6) is 1.02. The van der Waals surface area contributed by atoms with E-state index in [0.29, 0.717) is 35.4 Å². The molecule has 1 atom stereocenters. The number of nitrogens with one attached hydrogen (secondary N) is 1. The molecule has 3 rings (SSSR count). The number of nitrogens with zero attached hydrogens (tertiary/aromatic N) is 3. The number of carbonyl (C=O) groups is 1. The summed E-state index contributed by atoms with van der Waals surface area (Å²) >= 11 is 6.00. The van der Waals surface area contributed by atoms with Crippen molar-refractivity contribution in [2.75, 3.05) is 25.5 Å². The molecule has 1 aromatic carbocycles. The molecule has 1 aliphatic heterocycles. The first-order valence-corrected chi connectivity index (χ1v) is 8.35. The van der Waals surface area contributed by atoms with E-state index in [1.54, 1.807) is 48.8 Å². The Kier molecular flexibility index (Phi) is 5.55. The number of rotatable bonds is 4. The maximum Gasteiger partial charge on any atom is 0.322 e. The van der Waals surface area contributed by atoms with Gasteiger partial charge in [-0.05, 0) is 31.0 Å². The van der Waals surface area contributed by atoms with E-state index in [-0.39, 0.29) is 12.1 Å². The summed E-state index contributed by atoms with van der Waals surface area (Å²) in [7, 11) is 1.55. The predicted octanol–water partition coefficient (Wildman–Crippen LogP) is 3.21. The van der Waals surface area contributed by atoms with E-state index in [1.807, 2.05) is 0 Å². The van der Waals surface area contributed by atoms with E-state index in [1.165, 1.54) is 0 Å². The number of hydrogen-bond acceptors (Lipinski definition) is 5. The SMILES string of the molecule is COc1ccc(Cl)cc1NC(=O)N1CCCC(Oc2cnccn2)C1. The van der Waals surface area contributed by atoms with Crippen molar-refractivity contribution in [1.29, 1.82) is 0 Å². The number of piperidine rings is 1. The lowest BCUT2D eigenvalue weighted by molar-refractivity contribution is 0.102. The molecule has 1 saturated heterocycles. The highest BCUT2D eigenvalue weighted by molar-refractivity contribution is 6.31. The van der Waals surface area contributed by atoms with Crippen LogP contribution in [0.5, 0.6) is 11.6 Å². The number of halogens is 1. The maximum atomic E-state index is 12.6. The zero-order valence-electron chi connectivity index (χ0n) is 13.8. The summed E-state index contributed by atoms with van der Waals surface area (Å²) in [6.07, 6.45) is 6.33. The number of ether oxygens (including phenoxy) is 2. The highest BCUT2D eigenvalue weighted by atomic mass is 35.5. The van der Waals surface area contributed by atoms with Crippen molar-refractivity contribution in [3.8, 4) is 11.6 Å². The van der Waals surface area contributed by atoms with Crippen LogP contribution in [0.15, 0.2) is 36.8 Å². The average molecular weight is 363 g/mol. The van der Waals surface area contributed by atoms with Crippen molar-refractivity contribution < 1.29 is 14.3 Å². The molecule has 1 aromatic heterocycles. The number of urea groups is 1. The molecule has 2 amide bonds. The zero-order chi connectivity index (χ0) is 17.6. The van der Waals surface area contributed by atoms with Crippen LogP contribution in [0, 0.1) is 0 Å². The van der Waals surface area contributed by atoms with Crippen molar-refractivity contribution in [2.45, 2.75) is 18.9 Å². The Morgan fingerprint density at radius 1 is 1.40 bits per heavy atom. The standard InChI is InChI=1S/C17H19ClN4O3/c1-24-15-5-4-12(18)9-14(15)21-17(23)22-8-2-3-13(11-22)25-16-10-19-6-7-20-16/h4-7,9-10,13H,2-3,8,11H2,1H3,(H,21,23). The molecular formula is C17H19ClN4O3. The van der Waals surface area contributed by atoms with Crippen molar-refractivity contribution in [3.05, 3.63) is 41.8 Å². The minimum Gasteiger partial charge on any atom is -0.495 e. The number of methoxy groups -OCH3 is 1. The Morgan fingerprint density at radius 3 is 3.04 bits per heavy atom. The molecule has 0 aliphatic carbocycles. The predicted molar refractivity (Wildman–Crippen MR) is 94.3 cm³/mol. The lowest BCUT2D eigenvalue weighted by atomic mass is 10.1. The second kappa shape index (κ2) is 8.02. The van der Waals surface area contributed by atoms with Gasteiger partial charge in [-0.1, -0.05) is 11.6 Å². The molecule has 0 spiro atoms. The molecule has 0 saturated carbocycles. The largest absolute Gasteiger partial charge is 0.495 e. The number of anilines is 1. The topological polar surface area (TPSA) is 76.6 Å². The first-order valence-electron chi connectivity index (χ1n) is 7.98. The Morgan fingerprint density at radius 2 is 2.28 bits per heavy atom. The smallest absolute Gasteiger partial charge is 0.322 e. The van der Waals surface area contributed by atoms with E-state index in [4.69, 9.17) is 21.1 Å². The fourth-order valence-electron chi connectivity index (χ4n) is 2.71. The first-order chi connectivity index (χ1) is 12.2. The third-order valence-corrected chi connectivity index (χ3v) is 4.13. The summed E-state index contributed by atoms with van der Waals surface area (Å²) in [6.45, 7) is 1.14. The summed E-state index contributed by atoms with van der Waals surface area (Å²) in [5.41, 5.74) is 0.539. The highest BCUT2D eigenvalue weighted by Crippen LogP contribution is 2.28. The molecule has 132 valence electrons. The van der Waals surface area contributed by atoms with Gasteiger partial charge in [-0.25, -0.2) is 9.78 Å². The molecule has 0 radical (unpaired) electrons. The number of aromatic nitrogens is 2. The second-order valence-electron chi connectivity index (χ2n) is 5.65. The molecule has 1 N–H and O–H groups in total. The van der Waals surface area contributed by atoms with Crippen LogP contribution >= 0.6 is 11.6 Å². The number of likely N-dealkylation sites (tertiary alicyclic amines) is 1. The van der Waals surface area contributed by atoms with Gasteiger partial charge in [-0.3, -0.25) is 4.98 Å². The van der Waals surface area contributed by atoms with Gasteiger partial charge in [0.2, 0.25) is 5.88 Å². The summed E-state index contributed by atoms with van der Waals surface area (Å²) in [6, 6.07) is 4.87. The number of amides is 2. The fourth-order valence-corrected chi connectivity index (χ4v) is 2.88. The van der Waals surface area contributed by atoms with E-state index >= 15 is 0 Å². The number of carbonyl (C=O) groups excluding carboxylic acids is 1. The van der Waals surface area contributed by atoms with Gasteiger partial charge in [-0.15, -0.1) is 0 Å². The minimum atomic E-state index is -0.215. The molecule has 7 nitrogen and oxygen atoms in total. The molecule has 0 bridgehead atoms. The maximum absolute atomic E-state index is 12.6. The average Bonchev–Trinajstić information content (AvgIpc) is 2.63. The molecular weight excluding hydrogens is 344 g/mol. The van der Waals surface area contributed by atoms with Gasteiger partial charge in [0.05, 0.1) is 25.5 Å². The lowest BCUT2D eigenvalue weighted by Crippen LogP contribution is -2.46. The molecule has 1 fully saturated rings. The van der Waals surface area contributed by atoms with Gasteiger partial charge in [0.15, 0.2) is 0 Å². The van der Waals surface area contributed by atoms with Crippen LogP contribution in [0.3, 0.4) is 0 Å². The van der Waals surface area contributed by atoms with Gasteiger partial charge in [0.25, 0.3) is 0 Å². The molecule has 2 aromatic rings. The lowest BCUT2D eigenvalue weighted by Gasteiger charge is -2.32. The van der Waals surface area contributed by atoms with Crippen LogP contribution in [0.4, 0.5) is 10.5 Å². The number of benzene rings is 1. The summed E-state index contributed by atoms with van der Waals surface area (Å²) in [4.78, 5) is 22.4. The van der Waals surface area contributed by atoms with Crippen LogP contribution in [-0.4, -0.2) is 47.2 Å². The summed E-state index contributed by atoms with van der Waals surface area (Å²) in [5, 5.41) is 3.38. The fraction of sp³-hybridized carbons (Fsp3) is 0.353. The van der Waals surface area contributed by atoms with Crippen LogP contribution < -0.4 is 14.8 Å². The van der Waals surface area contributed by atoms with Crippen molar-refractivity contribution in [1.82, 2.24) is 14.9 Å². The third-order valence-electron chi connectivity index (χ3n) is 3.90. The van der Waals surface area contributed by atoms with E-state index in [0.717, 1.165) is 12.8 Å². The van der Waals surface area contributed by atoms with Crippen molar-refractivity contribution >= 4 is 23.3 Å². The van der Waals surface area contributed by atoms with Gasteiger partial charge in [0, 0.05) is 24.0 Å². The van der Waals surface area contributed by atoms with Gasteiger partial charge < -0.3 is 19.7 Å². The van der Waals surface area contributed by atoms with Gasteiger partial charge in [-0.2, -0.15) is 0 Å². The zero-order valence-corrected chi connectivity index (χ0v) is 14.6. The van der Waals surface area contributed by atoms with E-state index in [2.05, 4.69) is 15.3 Å². The normalized spacial score (nSPS) is 17.0. The Labute approximate surface area is 150 Å². The molecule has 2 heterocycles. The van der Waals surface area contributed by atoms with Crippen molar-refractivity contribution in [3.63, 3.8) is 0 Å². The summed E-state index contributed by atoms with van der Waals surface area (Å²) < 4.78 is 11.1. The molecule has 25 heavy (non-hydrogen) atoms. The first kappa shape index (κ1) is 17.3. The minimum absolute atomic E-state index is 0.113. The van der Waals surface area contributed by atoms with Gasteiger partial charge in [0.1, 0.15) is 11.9 Å². The van der Waals surface area contributed by atoms with Gasteiger partial charge >= 0.3 is 6.03 Å². The van der Waals surface area contributed by atoms with Crippen molar-refractivity contribution in [2.24, 2.45) is 0 Å². The molecule has 1 aliphatic rings. The Hall–Kier alpha value is -2.54. The van der Waals surface area contributed by atoms with E-state index in [9.17, 15) is 4.79 Å². The second-order valence-corrected chi connectivity index (χ2v) is 6.08. The van der Waals surface area contributed by atoms with E-state index < -0.39 is 0 Å². The van der Waals surface area contributed by atoms with Crippen LogP contribution in [0.1, 0.15) is 12.8 Å². The van der Waals surface area contributed by atoms with Crippen LogP contribution in [-0.2, 0) is 0 Å². The quantitative estimate of drug-likeness (QED) is 0.903. The molecule has 8 heteroatoms. The Bertz CT molecular complexity index is 729. The monoisotopic (exact) mass is 362 g/mol. The highest BCUT2D eigenvalue weighted by Gasteiger charge is 2.25.